The Kier molecular flexibility index (Phi) is 5.15. The van der Waals surface area contributed by atoms with E-state index in [1.807, 2.05) is 25.3 Å². The number of hydrogen-bond donors (Lipinski definition) is 1. The van der Waals surface area contributed by atoms with Crippen molar-refractivity contribution in [2.45, 2.75) is 33.1 Å². The molecular formula is C14H22N4O. The number of anilines is 1. The number of aromatic nitrogens is 3. The smallest absolute Gasteiger partial charge is 0.243 e. The van der Waals surface area contributed by atoms with Crippen LogP contribution in [0, 0.1) is 6.92 Å². The minimum Gasteiger partial charge on any atom is -0.381 e. The molecule has 0 saturated carbocycles. The molecule has 0 aromatic carbocycles. The summed E-state index contributed by atoms with van der Waals surface area (Å²) in [4.78, 5) is 4.40. The zero-order valence-electron chi connectivity index (χ0n) is 11.7. The third-order valence-corrected chi connectivity index (χ3v) is 2.87. The van der Waals surface area contributed by atoms with E-state index < -0.39 is 0 Å². The first-order chi connectivity index (χ1) is 9.29. The highest BCUT2D eigenvalue weighted by Gasteiger charge is 2.02. The van der Waals surface area contributed by atoms with Crippen LogP contribution in [-0.2, 0) is 4.74 Å². The van der Waals surface area contributed by atoms with Crippen LogP contribution in [0.2, 0.25) is 0 Å². The molecule has 0 amide bonds. The first kappa shape index (κ1) is 13.8. The summed E-state index contributed by atoms with van der Waals surface area (Å²) in [6, 6.07) is 4.01. The summed E-state index contributed by atoms with van der Waals surface area (Å²) in [7, 11) is 0. The van der Waals surface area contributed by atoms with Crippen LogP contribution in [0.4, 0.5) is 5.95 Å². The molecule has 0 fully saturated rings. The fraction of sp³-hybridized carbons (Fsp3) is 0.571. The van der Waals surface area contributed by atoms with Crippen molar-refractivity contribution in [3.8, 4) is 0 Å². The first-order valence-corrected chi connectivity index (χ1v) is 6.94. The van der Waals surface area contributed by atoms with Gasteiger partial charge in [0.1, 0.15) is 0 Å². The monoisotopic (exact) mass is 262 g/mol. The van der Waals surface area contributed by atoms with Gasteiger partial charge >= 0.3 is 0 Å². The van der Waals surface area contributed by atoms with Gasteiger partial charge in [0, 0.05) is 26.0 Å². The van der Waals surface area contributed by atoms with Crippen LogP contribution in [0.3, 0.4) is 0 Å². The molecule has 0 aliphatic rings. The molecule has 104 valence electrons. The van der Waals surface area contributed by atoms with Gasteiger partial charge < -0.3 is 10.1 Å². The predicted molar refractivity (Wildman–Crippen MR) is 76.6 cm³/mol. The van der Waals surface area contributed by atoms with E-state index in [-0.39, 0.29) is 0 Å². The lowest BCUT2D eigenvalue weighted by Crippen LogP contribution is -2.07. The number of aryl methyl sites for hydroxylation is 1. The van der Waals surface area contributed by atoms with Crippen LogP contribution in [0.5, 0.6) is 0 Å². The highest BCUT2D eigenvalue weighted by atomic mass is 16.5. The van der Waals surface area contributed by atoms with Crippen molar-refractivity contribution >= 4 is 11.6 Å². The second-order valence-electron chi connectivity index (χ2n) is 4.69. The van der Waals surface area contributed by atoms with Crippen LogP contribution in [-0.4, -0.2) is 34.4 Å². The average Bonchev–Trinajstić information content (AvgIpc) is 2.79. The van der Waals surface area contributed by atoms with Gasteiger partial charge in [0.25, 0.3) is 0 Å². The minimum absolute atomic E-state index is 0.680. The average molecular weight is 262 g/mol. The second kappa shape index (κ2) is 7.09. The number of unbranched alkanes of at least 4 members (excludes halogenated alkanes) is 1. The fourth-order valence-corrected chi connectivity index (χ4v) is 1.78. The molecule has 2 rings (SSSR count). The Morgan fingerprint density at radius 2 is 2.11 bits per heavy atom. The van der Waals surface area contributed by atoms with Crippen LogP contribution in [0.1, 0.15) is 31.7 Å². The lowest BCUT2D eigenvalue weighted by molar-refractivity contribution is 0.131. The van der Waals surface area contributed by atoms with Gasteiger partial charge in [-0.05, 0) is 31.4 Å². The molecule has 0 unspecified atom stereocenters. The molecule has 2 aromatic heterocycles. The molecule has 5 heteroatoms. The molecule has 0 aliphatic heterocycles. The number of pyridine rings is 1. The molecule has 0 radical (unpaired) electrons. The molecule has 1 N–H and O–H groups in total. The van der Waals surface area contributed by atoms with Gasteiger partial charge in [-0.2, -0.15) is 4.98 Å². The zero-order valence-corrected chi connectivity index (χ0v) is 11.7. The largest absolute Gasteiger partial charge is 0.381 e. The van der Waals surface area contributed by atoms with E-state index in [2.05, 4.69) is 22.3 Å². The van der Waals surface area contributed by atoms with E-state index in [4.69, 9.17) is 4.74 Å². The first-order valence-electron chi connectivity index (χ1n) is 6.94. The fourth-order valence-electron chi connectivity index (χ4n) is 1.78. The van der Waals surface area contributed by atoms with Crippen molar-refractivity contribution in [3.63, 3.8) is 0 Å². The van der Waals surface area contributed by atoms with Crippen molar-refractivity contribution in [1.29, 1.82) is 0 Å². The van der Waals surface area contributed by atoms with Crippen LogP contribution in [0.25, 0.3) is 5.65 Å². The van der Waals surface area contributed by atoms with E-state index in [1.165, 1.54) is 12.0 Å². The summed E-state index contributed by atoms with van der Waals surface area (Å²) in [6.45, 7) is 6.70. The van der Waals surface area contributed by atoms with Gasteiger partial charge in [0.15, 0.2) is 5.65 Å². The maximum atomic E-state index is 5.50. The molecule has 5 nitrogen and oxygen atoms in total. The topological polar surface area (TPSA) is 51.5 Å². The van der Waals surface area contributed by atoms with Crippen LogP contribution in [0.15, 0.2) is 18.3 Å². The summed E-state index contributed by atoms with van der Waals surface area (Å²) in [6.07, 6.45) is 5.27. The highest BCUT2D eigenvalue weighted by Crippen LogP contribution is 2.06. The molecule has 2 heterocycles. The summed E-state index contributed by atoms with van der Waals surface area (Å²) in [5.41, 5.74) is 2.04. The van der Waals surface area contributed by atoms with Crippen molar-refractivity contribution in [2.24, 2.45) is 0 Å². The van der Waals surface area contributed by atoms with Gasteiger partial charge in [-0.3, -0.25) is 0 Å². The van der Waals surface area contributed by atoms with Crippen molar-refractivity contribution in [2.75, 3.05) is 25.1 Å². The Labute approximate surface area is 114 Å². The summed E-state index contributed by atoms with van der Waals surface area (Å²) in [5.74, 6) is 0.680. The molecule has 0 aliphatic carbocycles. The molecular weight excluding hydrogens is 240 g/mol. The zero-order chi connectivity index (χ0) is 13.5. The van der Waals surface area contributed by atoms with Crippen molar-refractivity contribution in [3.05, 3.63) is 23.9 Å². The van der Waals surface area contributed by atoms with Gasteiger partial charge in [-0.25, -0.2) is 4.52 Å². The standard InChI is InChI=1S/C14H22N4O/c1-3-4-9-19-10-5-8-15-14-16-13-7-6-12(2)11-18(13)17-14/h6-7,11H,3-5,8-10H2,1-2H3,(H,15,17). The van der Waals surface area contributed by atoms with Crippen LogP contribution >= 0.6 is 0 Å². The Hall–Kier alpha value is -1.62. The van der Waals surface area contributed by atoms with E-state index in [1.54, 1.807) is 4.52 Å². The molecule has 2 aromatic rings. The lowest BCUT2D eigenvalue weighted by atomic mass is 10.3. The van der Waals surface area contributed by atoms with Crippen LogP contribution < -0.4 is 5.32 Å². The third kappa shape index (κ3) is 4.21. The molecule has 0 saturated heterocycles. The van der Waals surface area contributed by atoms with Gasteiger partial charge in [-0.1, -0.05) is 19.4 Å². The quantitative estimate of drug-likeness (QED) is 0.743. The van der Waals surface area contributed by atoms with Crippen molar-refractivity contribution in [1.82, 2.24) is 14.6 Å². The van der Waals surface area contributed by atoms with E-state index >= 15 is 0 Å². The molecule has 0 bridgehead atoms. The predicted octanol–water partition coefficient (Wildman–Crippen LogP) is 2.66. The van der Waals surface area contributed by atoms with E-state index in [0.717, 1.165) is 38.2 Å². The number of hydrogen-bond acceptors (Lipinski definition) is 4. The Bertz CT molecular complexity index is 509. The Balaban J connectivity index is 1.72. The Morgan fingerprint density at radius 1 is 1.26 bits per heavy atom. The number of nitrogens with zero attached hydrogens (tertiary/aromatic N) is 3. The number of ether oxygens (including phenoxy) is 1. The molecule has 19 heavy (non-hydrogen) atoms. The molecule has 0 spiro atoms. The highest BCUT2D eigenvalue weighted by molar-refractivity contribution is 5.43. The van der Waals surface area contributed by atoms with Crippen molar-refractivity contribution < 1.29 is 4.74 Å². The number of fused-ring (bicyclic) bond motifs is 1. The summed E-state index contributed by atoms with van der Waals surface area (Å²) in [5, 5.41) is 7.60. The normalized spacial score (nSPS) is 11.1. The van der Waals surface area contributed by atoms with Gasteiger partial charge in [-0.15, -0.1) is 5.10 Å². The second-order valence-corrected chi connectivity index (χ2v) is 4.69. The summed E-state index contributed by atoms with van der Waals surface area (Å²) < 4.78 is 7.30. The number of nitrogens with one attached hydrogen (secondary N) is 1. The van der Waals surface area contributed by atoms with E-state index in [9.17, 15) is 0 Å². The Morgan fingerprint density at radius 3 is 2.95 bits per heavy atom. The SMILES string of the molecule is CCCCOCCCNc1nc2ccc(C)cn2n1. The van der Waals surface area contributed by atoms with Gasteiger partial charge in [0.05, 0.1) is 0 Å². The maximum absolute atomic E-state index is 5.50. The molecule has 0 atom stereocenters. The lowest BCUT2D eigenvalue weighted by Gasteiger charge is -2.03. The minimum atomic E-state index is 0.680. The third-order valence-electron chi connectivity index (χ3n) is 2.87. The number of rotatable bonds is 8. The maximum Gasteiger partial charge on any atom is 0.243 e. The van der Waals surface area contributed by atoms with E-state index in [0.29, 0.717) is 5.95 Å². The van der Waals surface area contributed by atoms with Gasteiger partial charge in [0.2, 0.25) is 5.95 Å². The summed E-state index contributed by atoms with van der Waals surface area (Å²) >= 11 is 0.